The van der Waals surface area contributed by atoms with Gasteiger partial charge >= 0.3 is 57.4 Å². The van der Waals surface area contributed by atoms with Gasteiger partial charge in [0.1, 0.15) is 6.10 Å². The van der Waals surface area contributed by atoms with Crippen LogP contribution in [0, 0.1) is 5.92 Å². The van der Waals surface area contributed by atoms with Gasteiger partial charge < -0.3 is 4.74 Å². The van der Waals surface area contributed by atoms with Crippen molar-refractivity contribution >= 4 is 57.4 Å². The van der Waals surface area contributed by atoms with Crippen LogP contribution in [0.1, 0.15) is 39.5 Å². The Labute approximate surface area is 117 Å². The SMILES string of the molecule is CC(=O)OC1CCC(C)CC1.[KH]. The van der Waals surface area contributed by atoms with E-state index in [0.29, 0.717) is 0 Å². The fourth-order valence-electron chi connectivity index (χ4n) is 1.58. The van der Waals surface area contributed by atoms with Crippen LogP contribution in [0.3, 0.4) is 0 Å². The minimum atomic E-state index is -0.135. The second-order valence-electron chi connectivity index (χ2n) is 3.49. The van der Waals surface area contributed by atoms with Gasteiger partial charge in [-0.15, -0.1) is 0 Å². The standard InChI is InChI=1S/C9H16O2.K.H/c1-7-3-5-9(6-4-7)11-8(2)10;;/h7,9H,3-6H2,1-2H3;;. The predicted octanol–water partition coefficient (Wildman–Crippen LogP) is 1.48. The topological polar surface area (TPSA) is 26.3 Å². The minimum absolute atomic E-state index is 0. The molecule has 0 aromatic heterocycles. The predicted molar refractivity (Wildman–Crippen MR) is 50.3 cm³/mol. The summed E-state index contributed by atoms with van der Waals surface area (Å²) in [5.41, 5.74) is 0. The van der Waals surface area contributed by atoms with Gasteiger partial charge in [0.2, 0.25) is 0 Å². The molecule has 0 aromatic rings. The Morgan fingerprint density at radius 1 is 1.25 bits per heavy atom. The zero-order chi connectivity index (χ0) is 8.27. The van der Waals surface area contributed by atoms with Gasteiger partial charge in [0.05, 0.1) is 0 Å². The third-order valence-corrected chi connectivity index (χ3v) is 2.30. The molecular weight excluding hydrogens is 179 g/mol. The van der Waals surface area contributed by atoms with E-state index in [1.165, 1.54) is 19.8 Å². The molecule has 0 atom stereocenters. The van der Waals surface area contributed by atoms with E-state index in [4.69, 9.17) is 4.74 Å². The summed E-state index contributed by atoms with van der Waals surface area (Å²) in [6.07, 6.45) is 4.74. The molecule has 0 aliphatic heterocycles. The molecule has 12 heavy (non-hydrogen) atoms. The van der Waals surface area contributed by atoms with E-state index in [-0.39, 0.29) is 63.5 Å². The van der Waals surface area contributed by atoms with Crippen molar-refractivity contribution in [3.63, 3.8) is 0 Å². The first-order chi connectivity index (χ1) is 5.18. The van der Waals surface area contributed by atoms with Crippen molar-refractivity contribution < 1.29 is 9.53 Å². The molecule has 0 unspecified atom stereocenters. The quantitative estimate of drug-likeness (QED) is 0.469. The van der Waals surface area contributed by atoms with Crippen molar-refractivity contribution in [3.05, 3.63) is 0 Å². The number of hydrogen-bond acceptors (Lipinski definition) is 2. The normalized spacial score (nSPS) is 28.8. The first-order valence-electron chi connectivity index (χ1n) is 4.35. The number of rotatable bonds is 1. The van der Waals surface area contributed by atoms with E-state index < -0.39 is 0 Å². The number of ether oxygens (including phenoxy) is 1. The summed E-state index contributed by atoms with van der Waals surface area (Å²) in [5.74, 6) is 0.686. The van der Waals surface area contributed by atoms with E-state index >= 15 is 0 Å². The van der Waals surface area contributed by atoms with E-state index in [2.05, 4.69) is 6.92 Å². The van der Waals surface area contributed by atoms with Gasteiger partial charge in [0, 0.05) is 6.92 Å². The summed E-state index contributed by atoms with van der Waals surface area (Å²) in [7, 11) is 0. The Balaban J connectivity index is 0.00000121. The molecule has 0 saturated heterocycles. The zero-order valence-electron chi connectivity index (χ0n) is 7.30. The van der Waals surface area contributed by atoms with Crippen molar-refractivity contribution in [1.29, 1.82) is 0 Å². The summed E-state index contributed by atoms with van der Waals surface area (Å²) in [6.45, 7) is 3.74. The van der Waals surface area contributed by atoms with Gasteiger partial charge in [-0.25, -0.2) is 0 Å². The molecule has 1 fully saturated rings. The van der Waals surface area contributed by atoms with Gasteiger partial charge in [0.25, 0.3) is 0 Å². The molecule has 66 valence electrons. The molecule has 1 rings (SSSR count). The average molecular weight is 196 g/mol. The molecule has 0 N–H and O–H groups in total. The summed E-state index contributed by atoms with van der Waals surface area (Å²) in [4.78, 5) is 10.6. The molecule has 2 nitrogen and oxygen atoms in total. The van der Waals surface area contributed by atoms with Gasteiger partial charge in [-0.05, 0) is 31.6 Å². The number of hydrogen-bond donors (Lipinski definition) is 0. The average Bonchev–Trinajstić information content (AvgIpc) is 1.93. The Kier molecular flexibility index (Phi) is 7.15. The van der Waals surface area contributed by atoms with Gasteiger partial charge in [-0.3, -0.25) is 4.79 Å². The first kappa shape index (κ1) is 13.1. The molecule has 1 aliphatic rings. The number of carbonyl (C=O) groups excluding carboxylic acids is 1. The van der Waals surface area contributed by atoms with Crippen molar-refractivity contribution in [3.8, 4) is 0 Å². The van der Waals surface area contributed by atoms with Gasteiger partial charge in [0.15, 0.2) is 0 Å². The van der Waals surface area contributed by atoms with Crippen LogP contribution in [-0.4, -0.2) is 63.5 Å². The molecule has 0 spiro atoms. The summed E-state index contributed by atoms with van der Waals surface area (Å²) in [5, 5.41) is 0. The molecule has 0 bridgehead atoms. The van der Waals surface area contributed by atoms with Crippen LogP contribution in [0.15, 0.2) is 0 Å². The maximum atomic E-state index is 10.6. The third-order valence-electron chi connectivity index (χ3n) is 2.30. The maximum absolute atomic E-state index is 10.6. The Morgan fingerprint density at radius 3 is 2.17 bits per heavy atom. The van der Waals surface area contributed by atoms with E-state index in [9.17, 15) is 4.79 Å². The number of carbonyl (C=O) groups is 1. The van der Waals surface area contributed by atoms with Crippen molar-refractivity contribution in [2.24, 2.45) is 5.92 Å². The Hall–Kier alpha value is 1.11. The molecule has 0 amide bonds. The summed E-state index contributed by atoms with van der Waals surface area (Å²) in [6, 6.07) is 0. The van der Waals surface area contributed by atoms with Crippen LogP contribution in [-0.2, 0) is 9.53 Å². The van der Waals surface area contributed by atoms with E-state index in [1.807, 2.05) is 0 Å². The van der Waals surface area contributed by atoms with E-state index in [0.717, 1.165) is 18.8 Å². The molecular formula is C9H17KO2. The molecule has 3 heteroatoms. The number of esters is 1. The molecule has 0 aromatic carbocycles. The Morgan fingerprint density at radius 2 is 1.75 bits per heavy atom. The second-order valence-corrected chi connectivity index (χ2v) is 3.49. The Bertz CT molecular complexity index is 139. The zero-order valence-corrected chi connectivity index (χ0v) is 7.30. The van der Waals surface area contributed by atoms with Crippen LogP contribution in [0.5, 0.6) is 0 Å². The van der Waals surface area contributed by atoms with Crippen LogP contribution >= 0.6 is 0 Å². The van der Waals surface area contributed by atoms with E-state index in [1.54, 1.807) is 0 Å². The summed E-state index contributed by atoms with van der Waals surface area (Å²) >= 11 is 0. The van der Waals surface area contributed by atoms with Crippen LogP contribution < -0.4 is 0 Å². The molecule has 0 radical (unpaired) electrons. The monoisotopic (exact) mass is 196 g/mol. The first-order valence-corrected chi connectivity index (χ1v) is 4.35. The van der Waals surface area contributed by atoms with Crippen LogP contribution in [0.4, 0.5) is 0 Å². The van der Waals surface area contributed by atoms with Crippen LogP contribution in [0.2, 0.25) is 0 Å². The van der Waals surface area contributed by atoms with Crippen molar-refractivity contribution in [2.45, 2.75) is 45.6 Å². The molecule has 1 aliphatic carbocycles. The second kappa shape index (κ2) is 6.54. The van der Waals surface area contributed by atoms with Crippen molar-refractivity contribution in [2.75, 3.05) is 0 Å². The molecule has 1 saturated carbocycles. The van der Waals surface area contributed by atoms with Crippen molar-refractivity contribution in [1.82, 2.24) is 0 Å². The fourth-order valence-corrected chi connectivity index (χ4v) is 1.58. The van der Waals surface area contributed by atoms with Gasteiger partial charge in [-0.1, -0.05) is 6.92 Å². The molecule has 0 heterocycles. The fraction of sp³-hybridized carbons (Fsp3) is 0.889. The third kappa shape index (κ3) is 4.97. The van der Waals surface area contributed by atoms with Gasteiger partial charge in [-0.2, -0.15) is 0 Å². The summed E-state index contributed by atoms with van der Waals surface area (Å²) < 4.78 is 5.10. The van der Waals surface area contributed by atoms with Crippen LogP contribution in [0.25, 0.3) is 0 Å².